The fourth-order valence-corrected chi connectivity index (χ4v) is 3.64. The first-order valence-corrected chi connectivity index (χ1v) is 10.2. The summed E-state index contributed by atoms with van der Waals surface area (Å²) in [7, 11) is 0. The number of aliphatic carboxylic acids is 1. The summed E-state index contributed by atoms with van der Waals surface area (Å²) in [6.45, 7) is 4.22. The Morgan fingerprint density at radius 1 is 1.12 bits per heavy atom. The van der Waals surface area contributed by atoms with Crippen LogP contribution in [-0.2, 0) is 14.3 Å². The van der Waals surface area contributed by atoms with Crippen LogP contribution in [0.2, 0.25) is 0 Å². The third kappa shape index (κ3) is 4.97. The number of nitrogens with one attached hydrogen (secondary N) is 2. The number of carbonyl (C=O) groups is 3. The van der Waals surface area contributed by atoms with Gasteiger partial charge in [-0.05, 0) is 35.6 Å². The zero-order valence-electron chi connectivity index (χ0n) is 17.7. The van der Waals surface area contributed by atoms with Crippen molar-refractivity contribution in [3.8, 4) is 11.1 Å². The maximum absolute atomic E-state index is 12.4. The van der Waals surface area contributed by atoms with Crippen LogP contribution in [0.25, 0.3) is 11.1 Å². The van der Waals surface area contributed by atoms with E-state index in [9.17, 15) is 19.5 Å². The van der Waals surface area contributed by atoms with Gasteiger partial charge in [-0.25, -0.2) is 9.59 Å². The maximum Gasteiger partial charge on any atom is 0.407 e. The summed E-state index contributed by atoms with van der Waals surface area (Å²) in [4.78, 5) is 35.8. The van der Waals surface area contributed by atoms with Crippen LogP contribution < -0.4 is 10.6 Å². The van der Waals surface area contributed by atoms with E-state index in [0.29, 0.717) is 0 Å². The Bertz CT molecular complexity index is 987. The summed E-state index contributed by atoms with van der Waals surface area (Å²) in [6.07, 6.45) is 0.771. The Balaban J connectivity index is 1.62. The highest BCUT2D eigenvalue weighted by Crippen LogP contribution is 2.44. The van der Waals surface area contributed by atoms with Gasteiger partial charge in [-0.2, -0.15) is 0 Å². The normalized spacial score (nSPS) is 14.9. The Hall–Kier alpha value is -3.65. The van der Waals surface area contributed by atoms with Gasteiger partial charge < -0.3 is 25.6 Å². The Morgan fingerprint density at radius 2 is 1.69 bits per heavy atom. The van der Waals surface area contributed by atoms with Gasteiger partial charge in [0.1, 0.15) is 12.6 Å². The van der Waals surface area contributed by atoms with Gasteiger partial charge in [0, 0.05) is 5.92 Å². The van der Waals surface area contributed by atoms with Gasteiger partial charge in [-0.3, -0.25) is 4.79 Å². The maximum atomic E-state index is 12.4. The molecule has 0 spiro atoms. The number of hydrogen-bond acceptors (Lipinski definition) is 5. The van der Waals surface area contributed by atoms with E-state index < -0.39 is 36.2 Å². The average molecular weight is 438 g/mol. The standard InChI is InChI=1S/C24H26N2O6/c1-3-8-20(21(27)25-14-24(2,31)22(28)29)26-23(30)32-13-19-17-11-6-4-9-15(17)16-10-5-7-12-18(16)19/h3-7,9-12,19-20,31H,1,8,13-14H2,2H3,(H,25,27)(H,26,30)(H,28,29). The molecule has 168 valence electrons. The molecule has 32 heavy (non-hydrogen) atoms. The van der Waals surface area contributed by atoms with Gasteiger partial charge in [0.05, 0.1) is 6.54 Å². The van der Waals surface area contributed by atoms with Crippen molar-refractivity contribution in [3.05, 3.63) is 72.3 Å². The number of carboxylic acid groups (broad SMARTS) is 1. The fourth-order valence-electron chi connectivity index (χ4n) is 3.64. The third-order valence-electron chi connectivity index (χ3n) is 5.42. The summed E-state index contributed by atoms with van der Waals surface area (Å²) in [5.41, 5.74) is 2.21. The number of hydrogen-bond donors (Lipinski definition) is 4. The smallest absolute Gasteiger partial charge is 0.407 e. The van der Waals surface area contributed by atoms with E-state index in [-0.39, 0.29) is 18.9 Å². The molecule has 2 atom stereocenters. The molecule has 0 bridgehead atoms. The molecular weight excluding hydrogens is 412 g/mol. The van der Waals surface area contributed by atoms with Crippen molar-refractivity contribution in [2.75, 3.05) is 13.2 Å². The van der Waals surface area contributed by atoms with Crippen molar-refractivity contribution < 1.29 is 29.3 Å². The van der Waals surface area contributed by atoms with Crippen molar-refractivity contribution >= 4 is 18.0 Å². The first-order chi connectivity index (χ1) is 15.2. The SMILES string of the molecule is C=CCC(NC(=O)OCC1c2ccccc2-c2ccccc21)C(=O)NCC(C)(O)C(=O)O. The Kier molecular flexibility index (Phi) is 6.95. The van der Waals surface area contributed by atoms with Crippen molar-refractivity contribution in [3.63, 3.8) is 0 Å². The molecule has 2 aromatic carbocycles. The number of carbonyl (C=O) groups excluding carboxylic acids is 2. The second-order valence-corrected chi connectivity index (χ2v) is 7.84. The lowest BCUT2D eigenvalue weighted by Gasteiger charge is -2.22. The lowest BCUT2D eigenvalue weighted by molar-refractivity contribution is -0.156. The lowest BCUT2D eigenvalue weighted by atomic mass is 9.98. The molecule has 1 aliphatic carbocycles. The van der Waals surface area contributed by atoms with E-state index in [1.807, 2.05) is 48.5 Å². The van der Waals surface area contributed by atoms with Crippen LogP contribution in [-0.4, -0.2) is 53.0 Å². The minimum absolute atomic E-state index is 0.0933. The molecule has 1 aliphatic rings. The van der Waals surface area contributed by atoms with Crippen LogP contribution in [0.5, 0.6) is 0 Å². The predicted octanol–water partition coefficient (Wildman–Crippen LogP) is 2.42. The minimum atomic E-state index is -2.13. The zero-order valence-corrected chi connectivity index (χ0v) is 17.7. The van der Waals surface area contributed by atoms with Crippen LogP contribution in [0.15, 0.2) is 61.2 Å². The number of aliphatic hydroxyl groups is 1. The highest BCUT2D eigenvalue weighted by Gasteiger charge is 2.32. The Labute approximate surface area is 185 Å². The van der Waals surface area contributed by atoms with Crippen LogP contribution in [0.3, 0.4) is 0 Å². The summed E-state index contributed by atoms with van der Waals surface area (Å²) in [5.74, 6) is -2.24. The van der Waals surface area contributed by atoms with E-state index in [0.717, 1.165) is 29.2 Å². The van der Waals surface area contributed by atoms with Gasteiger partial charge in [-0.15, -0.1) is 6.58 Å². The highest BCUT2D eigenvalue weighted by atomic mass is 16.5. The topological polar surface area (TPSA) is 125 Å². The molecule has 3 rings (SSSR count). The van der Waals surface area contributed by atoms with E-state index in [4.69, 9.17) is 9.84 Å². The van der Waals surface area contributed by atoms with Crippen LogP contribution in [0.1, 0.15) is 30.4 Å². The lowest BCUT2D eigenvalue weighted by Crippen LogP contribution is -2.52. The van der Waals surface area contributed by atoms with Crippen LogP contribution >= 0.6 is 0 Å². The number of fused-ring (bicyclic) bond motifs is 3. The molecule has 0 radical (unpaired) electrons. The quantitative estimate of drug-likeness (QED) is 0.446. The average Bonchev–Trinajstić information content (AvgIpc) is 3.09. The number of benzene rings is 2. The number of amides is 2. The predicted molar refractivity (Wildman–Crippen MR) is 118 cm³/mol. The molecule has 8 nitrogen and oxygen atoms in total. The highest BCUT2D eigenvalue weighted by molar-refractivity contribution is 5.87. The van der Waals surface area contributed by atoms with Gasteiger partial charge in [0.25, 0.3) is 0 Å². The van der Waals surface area contributed by atoms with Gasteiger partial charge in [-0.1, -0.05) is 54.6 Å². The van der Waals surface area contributed by atoms with Crippen molar-refractivity contribution in [1.82, 2.24) is 10.6 Å². The molecule has 0 saturated carbocycles. The van der Waals surface area contributed by atoms with E-state index in [2.05, 4.69) is 17.2 Å². The van der Waals surface area contributed by atoms with Crippen molar-refractivity contribution in [2.24, 2.45) is 0 Å². The van der Waals surface area contributed by atoms with E-state index >= 15 is 0 Å². The summed E-state index contributed by atoms with van der Waals surface area (Å²) in [6, 6.07) is 14.9. The molecule has 2 aromatic rings. The second kappa shape index (κ2) is 9.65. The third-order valence-corrected chi connectivity index (χ3v) is 5.42. The van der Waals surface area contributed by atoms with Gasteiger partial charge in [0.2, 0.25) is 5.91 Å². The van der Waals surface area contributed by atoms with Crippen molar-refractivity contribution in [2.45, 2.75) is 30.9 Å². The molecule has 0 aliphatic heterocycles. The molecule has 8 heteroatoms. The van der Waals surface area contributed by atoms with Gasteiger partial charge >= 0.3 is 12.1 Å². The number of carboxylic acids is 1. The largest absolute Gasteiger partial charge is 0.479 e. The van der Waals surface area contributed by atoms with E-state index in [1.165, 1.54) is 6.08 Å². The molecule has 0 saturated heterocycles. The second-order valence-electron chi connectivity index (χ2n) is 7.84. The molecule has 4 N–H and O–H groups in total. The van der Waals surface area contributed by atoms with Crippen LogP contribution in [0, 0.1) is 0 Å². The van der Waals surface area contributed by atoms with Gasteiger partial charge in [0.15, 0.2) is 5.60 Å². The molecule has 2 unspecified atom stereocenters. The number of alkyl carbamates (subject to hydrolysis) is 1. The van der Waals surface area contributed by atoms with Crippen LogP contribution in [0.4, 0.5) is 4.79 Å². The molecular formula is C24H26N2O6. The zero-order chi connectivity index (χ0) is 23.3. The first kappa shape index (κ1) is 23.0. The molecule has 0 heterocycles. The first-order valence-electron chi connectivity index (χ1n) is 10.2. The summed E-state index contributed by atoms with van der Waals surface area (Å²) < 4.78 is 5.44. The fraction of sp³-hybridized carbons (Fsp3) is 0.292. The number of rotatable bonds is 9. The van der Waals surface area contributed by atoms with E-state index in [1.54, 1.807) is 0 Å². The Morgan fingerprint density at radius 3 is 2.22 bits per heavy atom. The molecule has 0 fully saturated rings. The minimum Gasteiger partial charge on any atom is -0.479 e. The number of ether oxygens (including phenoxy) is 1. The van der Waals surface area contributed by atoms with Crippen molar-refractivity contribution in [1.29, 1.82) is 0 Å². The monoisotopic (exact) mass is 438 g/mol. The molecule has 0 aromatic heterocycles. The summed E-state index contributed by atoms with van der Waals surface area (Å²) in [5, 5.41) is 23.5. The molecule has 2 amide bonds. The summed E-state index contributed by atoms with van der Waals surface area (Å²) >= 11 is 0.